The lowest BCUT2D eigenvalue weighted by atomic mass is 10.1. The fourth-order valence-electron chi connectivity index (χ4n) is 2.62. The van der Waals surface area contributed by atoms with Crippen molar-refractivity contribution in [3.05, 3.63) is 41.7 Å². The number of aromatic nitrogens is 3. The van der Waals surface area contributed by atoms with E-state index in [0.29, 0.717) is 30.8 Å². The molecule has 1 aliphatic rings. The summed E-state index contributed by atoms with van der Waals surface area (Å²) in [6.07, 6.45) is 3.87. The van der Waals surface area contributed by atoms with Crippen LogP contribution in [0.15, 0.2) is 29.5 Å². The Bertz CT molecular complexity index is 786. The lowest BCUT2D eigenvalue weighted by molar-refractivity contribution is 0.285. The molecule has 8 heteroatoms. The Labute approximate surface area is 159 Å². The fourth-order valence-corrected chi connectivity index (χ4v) is 2.62. The zero-order chi connectivity index (χ0) is 19.2. The molecule has 2 aromatic rings. The standard InChI is InChI=1S/C19H27FN6O/c1-4-21-19(22-10-18-23-12-24-26(18)3)25-13(2)15-7-8-17(16(20)9-15)27-11-14-5-6-14/h7-9,12-14H,4-6,10-11H2,1-3H3,(H2,21,22,25). The molecule has 0 spiro atoms. The van der Waals surface area contributed by atoms with Crippen LogP contribution in [-0.4, -0.2) is 33.9 Å². The number of guanidine groups is 1. The van der Waals surface area contributed by atoms with Crippen LogP contribution in [0.5, 0.6) is 5.75 Å². The quantitative estimate of drug-likeness (QED) is 0.549. The zero-order valence-electron chi connectivity index (χ0n) is 16.1. The topological polar surface area (TPSA) is 76.4 Å². The van der Waals surface area contributed by atoms with Gasteiger partial charge in [0, 0.05) is 13.6 Å². The van der Waals surface area contributed by atoms with Gasteiger partial charge < -0.3 is 15.4 Å². The van der Waals surface area contributed by atoms with Gasteiger partial charge in [0.1, 0.15) is 18.7 Å². The largest absolute Gasteiger partial charge is 0.490 e. The molecule has 0 amide bonds. The molecule has 27 heavy (non-hydrogen) atoms. The molecule has 0 aliphatic heterocycles. The third-order valence-electron chi connectivity index (χ3n) is 4.51. The van der Waals surface area contributed by atoms with E-state index in [4.69, 9.17) is 4.74 Å². The second kappa shape index (κ2) is 8.83. The Hall–Kier alpha value is -2.64. The normalized spacial score (nSPS) is 15.5. The summed E-state index contributed by atoms with van der Waals surface area (Å²) in [6.45, 7) is 5.69. The van der Waals surface area contributed by atoms with Gasteiger partial charge in [0.05, 0.1) is 12.6 Å². The Morgan fingerprint density at radius 2 is 2.26 bits per heavy atom. The fraction of sp³-hybridized carbons (Fsp3) is 0.526. The Morgan fingerprint density at radius 1 is 1.44 bits per heavy atom. The molecule has 2 N–H and O–H groups in total. The molecular weight excluding hydrogens is 347 g/mol. The van der Waals surface area contributed by atoms with E-state index in [2.05, 4.69) is 25.7 Å². The maximum Gasteiger partial charge on any atom is 0.192 e. The molecule has 7 nitrogen and oxygen atoms in total. The maximum atomic E-state index is 14.3. The molecule has 0 bridgehead atoms. The molecule has 1 aromatic carbocycles. The van der Waals surface area contributed by atoms with E-state index >= 15 is 0 Å². The summed E-state index contributed by atoms with van der Waals surface area (Å²) in [5, 5.41) is 10.5. The zero-order valence-corrected chi connectivity index (χ0v) is 16.1. The molecule has 0 saturated heterocycles. The Kier molecular flexibility index (Phi) is 6.26. The van der Waals surface area contributed by atoms with Gasteiger partial charge in [-0.05, 0) is 50.3 Å². The third kappa shape index (κ3) is 5.42. The van der Waals surface area contributed by atoms with Crippen molar-refractivity contribution in [3.8, 4) is 5.75 Å². The first-order valence-electron chi connectivity index (χ1n) is 9.36. The first kappa shape index (κ1) is 19.1. The van der Waals surface area contributed by atoms with Crippen molar-refractivity contribution in [1.29, 1.82) is 0 Å². The van der Waals surface area contributed by atoms with Crippen molar-refractivity contribution in [1.82, 2.24) is 25.4 Å². The van der Waals surface area contributed by atoms with Crippen molar-refractivity contribution in [3.63, 3.8) is 0 Å². The second-order valence-corrected chi connectivity index (χ2v) is 6.81. The van der Waals surface area contributed by atoms with Crippen LogP contribution >= 0.6 is 0 Å². The average molecular weight is 374 g/mol. The summed E-state index contributed by atoms with van der Waals surface area (Å²) in [5.74, 6) is 1.99. The van der Waals surface area contributed by atoms with Crippen LogP contribution in [0.2, 0.25) is 0 Å². The van der Waals surface area contributed by atoms with Crippen LogP contribution in [0.1, 0.15) is 44.1 Å². The molecule has 1 fully saturated rings. The lowest BCUT2D eigenvalue weighted by Crippen LogP contribution is -2.38. The van der Waals surface area contributed by atoms with Crippen molar-refractivity contribution >= 4 is 5.96 Å². The summed E-state index contributed by atoms with van der Waals surface area (Å²) >= 11 is 0. The summed E-state index contributed by atoms with van der Waals surface area (Å²) in [4.78, 5) is 8.70. The molecule has 3 rings (SSSR count). The van der Waals surface area contributed by atoms with E-state index in [-0.39, 0.29) is 11.9 Å². The van der Waals surface area contributed by atoms with E-state index in [0.717, 1.165) is 17.9 Å². The monoisotopic (exact) mass is 374 g/mol. The van der Waals surface area contributed by atoms with E-state index in [1.165, 1.54) is 25.2 Å². The predicted molar refractivity (Wildman–Crippen MR) is 102 cm³/mol. The van der Waals surface area contributed by atoms with Crippen molar-refractivity contribution in [2.75, 3.05) is 13.2 Å². The maximum absolute atomic E-state index is 14.3. The third-order valence-corrected chi connectivity index (χ3v) is 4.51. The van der Waals surface area contributed by atoms with Gasteiger partial charge in [-0.1, -0.05) is 6.07 Å². The second-order valence-electron chi connectivity index (χ2n) is 6.81. The van der Waals surface area contributed by atoms with Crippen LogP contribution in [0.3, 0.4) is 0 Å². The van der Waals surface area contributed by atoms with Gasteiger partial charge in [-0.2, -0.15) is 5.10 Å². The van der Waals surface area contributed by atoms with Crippen molar-refractivity contribution < 1.29 is 9.13 Å². The molecular formula is C19H27FN6O. The molecule has 1 unspecified atom stereocenters. The number of hydrogen-bond donors (Lipinski definition) is 2. The molecule has 1 aromatic heterocycles. The van der Waals surface area contributed by atoms with Gasteiger partial charge in [0.25, 0.3) is 0 Å². The van der Waals surface area contributed by atoms with Gasteiger partial charge in [0.2, 0.25) is 0 Å². The van der Waals surface area contributed by atoms with Crippen LogP contribution in [0.25, 0.3) is 0 Å². The number of hydrogen-bond acceptors (Lipinski definition) is 4. The number of rotatable bonds is 8. The van der Waals surface area contributed by atoms with Crippen LogP contribution in [0.4, 0.5) is 4.39 Å². The van der Waals surface area contributed by atoms with Crippen LogP contribution in [-0.2, 0) is 13.6 Å². The van der Waals surface area contributed by atoms with Gasteiger partial charge in [0.15, 0.2) is 17.5 Å². The van der Waals surface area contributed by atoms with E-state index in [1.807, 2.05) is 27.0 Å². The predicted octanol–water partition coefficient (Wildman–Crippen LogP) is 2.56. The van der Waals surface area contributed by atoms with Crippen molar-refractivity contribution in [2.24, 2.45) is 18.0 Å². The van der Waals surface area contributed by atoms with E-state index < -0.39 is 0 Å². The number of aryl methyl sites for hydroxylation is 1. The van der Waals surface area contributed by atoms with E-state index in [1.54, 1.807) is 10.7 Å². The molecule has 1 saturated carbocycles. The Morgan fingerprint density at radius 3 is 2.89 bits per heavy atom. The van der Waals surface area contributed by atoms with Gasteiger partial charge in [-0.15, -0.1) is 0 Å². The van der Waals surface area contributed by atoms with Gasteiger partial charge in [-0.25, -0.2) is 14.4 Å². The van der Waals surface area contributed by atoms with Gasteiger partial charge in [-0.3, -0.25) is 4.68 Å². The minimum atomic E-state index is -0.331. The number of aliphatic imine (C=N–C) groups is 1. The average Bonchev–Trinajstić information content (AvgIpc) is 3.39. The first-order valence-corrected chi connectivity index (χ1v) is 9.36. The summed E-state index contributed by atoms with van der Waals surface area (Å²) in [5.41, 5.74) is 0.829. The lowest BCUT2D eigenvalue weighted by Gasteiger charge is -2.19. The molecule has 0 radical (unpaired) electrons. The molecule has 1 aliphatic carbocycles. The minimum Gasteiger partial charge on any atom is -0.490 e. The number of halogens is 1. The highest BCUT2D eigenvalue weighted by molar-refractivity contribution is 5.80. The summed E-state index contributed by atoms with van der Waals surface area (Å²) in [7, 11) is 1.83. The Balaban J connectivity index is 1.62. The number of nitrogens with one attached hydrogen (secondary N) is 2. The van der Waals surface area contributed by atoms with Crippen molar-refractivity contribution in [2.45, 2.75) is 39.3 Å². The molecule has 1 heterocycles. The SMILES string of the molecule is CCNC(=NCc1ncnn1C)NC(C)c1ccc(OCC2CC2)c(F)c1. The van der Waals surface area contributed by atoms with Crippen LogP contribution in [0, 0.1) is 11.7 Å². The van der Waals surface area contributed by atoms with E-state index in [9.17, 15) is 4.39 Å². The minimum absolute atomic E-state index is 0.116. The number of benzene rings is 1. The summed E-state index contributed by atoms with van der Waals surface area (Å²) in [6, 6.07) is 4.99. The first-order chi connectivity index (χ1) is 13.1. The van der Waals surface area contributed by atoms with Gasteiger partial charge >= 0.3 is 0 Å². The number of nitrogens with zero attached hydrogens (tertiary/aromatic N) is 4. The molecule has 146 valence electrons. The smallest absolute Gasteiger partial charge is 0.192 e. The number of ether oxygens (including phenoxy) is 1. The summed E-state index contributed by atoms with van der Waals surface area (Å²) < 4.78 is 21.6. The highest BCUT2D eigenvalue weighted by atomic mass is 19.1. The highest BCUT2D eigenvalue weighted by Crippen LogP contribution is 2.30. The molecule has 1 atom stereocenters. The highest BCUT2D eigenvalue weighted by Gasteiger charge is 2.22. The van der Waals surface area contributed by atoms with Crippen LogP contribution < -0.4 is 15.4 Å².